The molecule has 1 N–H and O–H groups in total. The lowest BCUT2D eigenvalue weighted by Crippen LogP contribution is -2.35. The van der Waals surface area contributed by atoms with Crippen LogP contribution in [0.3, 0.4) is 0 Å². The van der Waals surface area contributed by atoms with Crippen LogP contribution in [-0.4, -0.2) is 29.8 Å². The largest absolute Gasteiger partial charge is 0.481 e. The van der Waals surface area contributed by atoms with Crippen LogP contribution in [0.2, 0.25) is 0 Å². The fraction of sp³-hybridized carbons (Fsp3) is 0.294. The number of amides is 1. The Morgan fingerprint density at radius 3 is 2.73 bits per heavy atom. The summed E-state index contributed by atoms with van der Waals surface area (Å²) in [5, 5.41) is 2.57. The van der Waals surface area contributed by atoms with Crippen molar-refractivity contribution in [1.29, 1.82) is 0 Å². The smallest absolute Gasteiger partial charge is 0.422 e. The molecule has 0 saturated heterocycles. The third-order valence-corrected chi connectivity index (χ3v) is 3.13. The average molecular weight is 372 g/mol. The second kappa shape index (κ2) is 8.50. The van der Waals surface area contributed by atoms with Gasteiger partial charge in [-0.2, -0.15) is 13.2 Å². The number of halogens is 4. The lowest BCUT2D eigenvalue weighted by molar-refractivity contribution is -0.154. The number of nitrogens with one attached hydrogen (secondary N) is 1. The quantitative estimate of drug-likeness (QED) is 0.758. The molecule has 0 radical (unpaired) electrons. The van der Waals surface area contributed by atoms with Crippen LogP contribution in [-0.2, 0) is 11.3 Å². The summed E-state index contributed by atoms with van der Waals surface area (Å²) in [7, 11) is 0. The van der Waals surface area contributed by atoms with E-state index in [1.54, 1.807) is 0 Å². The first-order chi connectivity index (χ1) is 12.2. The minimum absolute atomic E-state index is 0.0422. The van der Waals surface area contributed by atoms with E-state index in [1.165, 1.54) is 43.5 Å². The molecule has 0 saturated carbocycles. The highest BCUT2D eigenvalue weighted by atomic mass is 19.4. The second-order valence-electron chi connectivity index (χ2n) is 5.34. The summed E-state index contributed by atoms with van der Waals surface area (Å²) in [6, 6.07) is 8.19. The van der Waals surface area contributed by atoms with Crippen LogP contribution in [0.4, 0.5) is 17.6 Å². The van der Waals surface area contributed by atoms with Gasteiger partial charge in [-0.25, -0.2) is 9.37 Å². The minimum Gasteiger partial charge on any atom is -0.481 e. The molecule has 1 aromatic carbocycles. The number of aromatic nitrogens is 1. The minimum atomic E-state index is -4.46. The number of hydrogen-bond acceptors (Lipinski definition) is 4. The maximum atomic E-state index is 13.1. The second-order valence-corrected chi connectivity index (χ2v) is 5.34. The summed E-state index contributed by atoms with van der Waals surface area (Å²) in [6.07, 6.45) is -4.07. The van der Waals surface area contributed by atoms with Crippen molar-refractivity contribution in [3.05, 3.63) is 54.0 Å². The van der Waals surface area contributed by atoms with Crippen molar-refractivity contribution in [3.8, 4) is 11.6 Å². The Balaban J connectivity index is 1.86. The first-order valence-electron chi connectivity index (χ1n) is 7.57. The number of carbonyl (C=O) groups is 1. The predicted octanol–water partition coefficient (Wildman–Crippen LogP) is 3.25. The number of alkyl halides is 3. The summed E-state index contributed by atoms with van der Waals surface area (Å²) < 4.78 is 59.4. The number of benzene rings is 1. The summed E-state index contributed by atoms with van der Waals surface area (Å²) in [6.45, 7) is 0.0829. The van der Waals surface area contributed by atoms with Gasteiger partial charge in [0, 0.05) is 24.9 Å². The molecule has 0 fully saturated rings. The number of nitrogens with zero attached hydrogens (tertiary/aromatic N) is 1. The van der Waals surface area contributed by atoms with Gasteiger partial charge in [-0.05, 0) is 30.7 Å². The fourth-order valence-corrected chi connectivity index (χ4v) is 1.93. The molecule has 0 unspecified atom stereocenters. The predicted molar refractivity (Wildman–Crippen MR) is 84.1 cm³/mol. The zero-order chi connectivity index (χ0) is 19.2. The summed E-state index contributed by atoms with van der Waals surface area (Å²) >= 11 is 0. The van der Waals surface area contributed by atoms with E-state index < -0.39 is 30.6 Å². The molecule has 1 aromatic heterocycles. The van der Waals surface area contributed by atoms with Crippen LogP contribution < -0.4 is 14.8 Å². The van der Waals surface area contributed by atoms with Crippen molar-refractivity contribution >= 4 is 5.91 Å². The molecule has 0 aliphatic heterocycles. The monoisotopic (exact) mass is 372 g/mol. The van der Waals surface area contributed by atoms with Gasteiger partial charge in [0.05, 0.1) is 0 Å². The van der Waals surface area contributed by atoms with Crippen LogP contribution in [0, 0.1) is 5.82 Å². The van der Waals surface area contributed by atoms with Gasteiger partial charge in [0.15, 0.2) is 12.7 Å². The van der Waals surface area contributed by atoms with Crippen molar-refractivity contribution < 1.29 is 31.8 Å². The van der Waals surface area contributed by atoms with E-state index in [9.17, 15) is 22.4 Å². The van der Waals surface area contributed by atoms with Crippen molar-refractivity contribution in [3.63, 3.8) is 0 Å². The Kier molecular flexibility index (Phi) is 6.37. The number of carbonyl (C=O) groups excluding carboxylic acids is 1. The average Bonchev–Trinajstić information content (AvgIpc) is 2.57. The molecule has 5 nitrogen and oxygen atoms in total. The standard InChI is InChI=1S/C17H16F4N2O3/c1-11(26-14-4-2-3-13(18)8-14)16(24)23-9-12-5-6-22-15(7-12)25-10-17(19,20)21/h2-8,11H,9-10H2,1H3,(H,23,24)/t11-/m0/s1. The number of pyridine rings is 1. The molecule has 0 aliphatic rings. The highest BCUT2D eigenvalue weighted by molar-refractivity contribution is 5.80. The molecule has 1 atom stereocenters. The van der Waals surface area contributed by atoms with Crippen molar-refractivity contribution in [2.24, 2.45) is 0 Å². The lowest BCUT2D eigenvalue weighted by Gasteiger charge is -2.15. The van der Waals surface area contributed by atoms with Crippen molar-refractivity contribution in [1.82, 2.24) is 10.3 Å². The van der Waals surface area contributed by atoms with E-state index in [0.717, 1.165) is 6.07 Å². The van der Waals surface area contributed by atoms with E-state index >= 15 is 0 Å². The van der Waals surface area contributed by atoms with Crippen LogP contribution in [0.5, 0.6) is 11.6 Å². The number of ether oxygens (including phenoxy) is 2. The van der Waals surface area contributed by atoms with E-state index in [0.29, 0.717) is 5.56 Å². The molecular weight excluding hydrogens is 356 g/mol. The molecule has 9 heteroatoms. The first-order valence-corrected chi connectivity index (χ1v) is 7.57. The molecule has 0 bridgehead atoms. The third-order valence-electron chi connectivity index (χ3n) is 3.13. The van der Waals surface area contributed by atoms with Gasteiger partial charge in [-0.3, -0.25) is 4.79 Å². The van der Waals surface area contributed by atoms with Crippen LogP contribution in [0.25, 0.3) is 0 Å². The zero-order valence-corrected chi connectivity index (χ0v) is 13.7. The first kappa shape index (κ1) is 19.5. The maximum absolute atomic E-state index is 13.1. The van der Waals surface area contributed by atoms with Crippen LogP contribution in [0.15, 0.2) is 42.6 Å². The van der Waals surface area contributed by atoms with Crippen LogP contribution in [0.1, 0.15) is 12.5 Å². The Labute approximate surface area is 146 Å². The molecule has 140 valence electrons. The highest BCUT2D eigenvalue weighted by Gasteiger charge is 2.28. The van der Waals surface area contributed by atoms with Gasteiger partial charge >= 0.3 is 6.18 Å². The van der Waals surface area contributed by atoms with Gasteiger partial charge in [0.1, 0.15) is 11.6 Å². The zero-order valence-electron chi connectivity index (χ0n) is 13.7. The van der Waals surface area contributed by atoms with E-state index in [-0.39, 0.29) is 18.2 Å². The van der Waals surface area contributed by atoms with Gasteiger partial charge in [0.2, 0.25) is 5.88 Å². The topological polar surface area (TPSA) is 60.5 Å². The molecule has 2 rings (SSSR count). The molecule has 26 heavy (non-hydrogen) atoms. The summed E-state index contributed by atoms with van der Waals surface area (Å²) in [5.74, 6) is -0.945. The fourth-order valence-electron chi connectivity index (χ4n) is 1.93. The van der Waals surface area contributed by atoms with Gasteiger partial charge < -0.3 is 14.8 Å². The lowest BCUT2D eigenvalue weighted by atomic mass is 10.2. The maximum Gasteiger partial charge on any atom is 0.422 e. The Hall–Kier alpha value is -2.84. The molecule has 1 amide bonds. The Morgan fingerprint density at radius 2 is 2.04 bits per heavy atom. The van der Waals surface area contributed by atoms with Crippen molar-refractivity contribution in [2.45, 2.75) is 25.7 Å². The normalized spacial score (nSPS) is 12.3. The summed E-state index contributed by atoms with van der Waals surface area (Å²) in [5.41, 5.74) is 0.503. The van der Waals surface area contributed by atoms with E-state index in [1.807, 2.05) is 0 Å². The molecule has 0 spiro atoms. The Morgan fingerprint density at radius 1 is 1.27 bits per heavy atom. The Bertz CT molecular complexity index is 753. The van der Waals surface area contributed by atoms with Crippen molar-refractivity contribution in [2.75, 3.05) is 6.61 Å². The van der Waals surface area contributed by atoms with Gasteiger partial charge in [-0.15, -0.1) is 0 Å². The van der Waals surface area contributed by atoms with Crippen LogP contribution >= 0.6 is 0 Å². The SMILES string of the molecule is C[C@H](Oc1cccc(F)c1)C(=O)NCc1ccnc(OCC(F)(F)F)c1. The molecule has 2 aromatic rings. The van der Waals surface area contributed by atoms with E-state index in [4.69, 9.17) is 4.74 Å². The number of rotatable bonds is 7. The van der Waals surface area contributed by atoms with E-state index in [2.05, 4.69) is 15.0 Å². The highest BCUT2D eigenvalue weighted by Crippen LogP contribution is 2.18. The molecule has 0 aliphatic carbocycles. The van der Waals surface area contributed by atoms with Gasteiger partial charge in [0.25, 0.3) is 5.91 Å². The molecule has 1 heterocycles. The number of hydrogen-bond donors (Lipinski definition) is 1. The third kappa shape index (κ3) is 6.58. The van der Waals surface area contributed by atoms with Gasteiger partial charge in [-0.1, -0.05) is 6.07 Å². The molecular formula is C17H16F4N2O3. The summed E-state index contributed by atoms with van der Waals surface area (Å²) in [4.78, 5) is 15.7.